The average Bonchev–Trinajstić information content (AvgIpc) is 3.00. The number of amides is 1. The second-order valence-electron chi connectivity index (χ2n) is 4.54. The minimum absolute atomic E-state index is 0.263. The van der Waals surface area contributed by atoms with Crippen molar-refractivity contribution in [3.63, 3.8) is 0 Å². The molecule has 9 heteroatoms. The Morgan fingerprint density at radius 3 is 2.52 bits per heavy atom. The number of benzene rings is 1. The zero-order valence-corrected chi connectivity index (χ0v) is 13.0. The molecular formula is C14H14F3N3O2S. The lowest BCUT2D eigenvalue weighted by Crippen LogP contribution is -2.35. The minimum Gasteiger partial charge on any atom is -0.459 e. The summed E-state index contributed by atoms with van der Waals surface area (Å²) in [6.07, 6.45) is -3.83. The van der Waals surface area contributed by atoms with Gasteiger partial charge in [-0.05, 0) is 18.6 Å². The van der Waals surface area contributed by atoms with Crippen molar-refractivity contribution in [1.29, 1.82) is 0 Å². The Labute approximate surface area is 134 Å². The smallest absolute Gasteiger partial charge is 0.445 e. The molecule has 0 bridgehead atoms. The van der Waals surface area contributed by atoms with E-state index in [9.17, 15) is 18.0 Å². The van der Waals surface area contributed by atoms with Crippen molar-refractivity contribution in [3.8, 4) is 5.19 Å². The average molecular weight is 345 g/mol. The molecule has 1 aromatic heterocycles. The summed E-state index contributed by atoms with van der Waals surface area (Å²) in [4.78, 5) is 13.8. The molecule has 1 aromatic carbocycles. The molecule has 124 valence electrons. The van der Waals surface area contributed by atoms with Crippen LogP contribution >= 0.6 is 11.3 Å². The number of carbonyl (C=O) groups excluding carboxylic acids is 1. The molecule has 1 heterocycles. The van der Waals surface area contributed by atoms with Crippen LogP contribution in [0.15, 0.2) is 30.3 Å². The van der Waals surface area contributed by atoms with Gasteiger partial charge in [-0.15, -0.1) is 5.10 Å². The highest BCUT2D eigenvalue weighted by molar-refractivity contribution is 7.13. The van der Waals surface area contributed by atoms with Crippen LogP contribution in [-0.4, -0.2) is 29.3 Å². The Morgan fingerprint density at radius 1 is 1.26 bits per heavy atom. The number of anilines is 1. The van der Waals surface area contributed by atoms with Gasteiger partial charge in [0.1, 0.15) is 0 Å². The van der Waals surface area contributed by atoms with E-state index in [1.807, 2.05) is 13.0 Å². The van der Waals surface area contributed by atoms with Gasteiger partial charge in [-0.3, -0.25) is 4.79 Å². The molecule has 1 amide bonds. The maximum Gasteiger partial charge on any atom is 0.445 e. The number of ether oxygens (including phenoxy) is 1. The van der Waals surface area contributed by atoms with Gasteiger partial charge in [-0.25, -0.2) is 0 Å². The maximum atomic E-state index is 12.4. The Bertz CT molecular complexity index is 646. The molecule has 0 atom stereocenters. The van der Waals surface area contributed by atoms with Crippen LogP contribution in [0.5, 0.6) is 5.19 Å². The van der Waals surface area contributed by atoms with Gasteiger partial charge < -0.3 is 9.64 Å². The summed E-state index contributed by atoms with van der Waals surface area (Å²) in [5, 5.41) is 4.90. The van der Waals surface area contributed by atoms with Crippen LogP contribution in [0.1, 0.15) is 18.4 Å². The standard InChI is InChI=1S/C14H14F3N3O2S/c1-2-8-20(10-6-4-3-5-7-10)11(21)9-22-13-19-18-12(23-13)14(15,16)17/h3-7H,2,8-9H2,1H3. The molecule has 0 unspecified atom stereocenters. The van der Waals surface area contributed by atoms with E-state index in [-0.39, 0.29) is 22.4 Å². The SMILES string of the molecule is CCCN(C(=O)COc1nnc(C(F)(F)F)s1)c1ccccc1. The summed E-state index contributed by atoms with van der Waals surface area (Å²) in [7, 11) is 0. The Balaban J connectivity index is 2.01. The fraction of sp³-hybridized carbons (Fsp3) is 0.357. The largest absolute Gasteiger partial charge is 0.459 e. The maximum absolute atomic E-state index is 12.4. The first-order valence-electron chi connectivity index (χ1n) is 6.80. The van der Waals surface area contributed by atoms with Crippen LogP contribution in [0.4, 0.5) is 18.9 Å². The zero-order chi connectivity index (χ0) is 16.9. The molecule has 0 aliphatic carbocycles. The monoisotopic (exact) mass is 345 g/mol. The third-order valence-corrected chi connectivity index (χ3v) is 3.66. The van der Waals surface area contributed by atoms with Crippen LogP contribution < -0.4 is 9.64 Å². The van der Waals surface area contributed by atoms with Crippen LogP contribution in [0.2, 0.25) is 0 Å². The summed E-state index contributed by atoms with van der Waals surface area (Å²) in [6.45, 7) is 2.00. The van der Waals surface area contributed by atoms with Gasteiger partial charge in [0.05, 0.1) is 0 Å². The summed E-state index contributed by atoms with van der Waals surface area (Å²) in [5.74, 6) is -0.359. The van der Waals surface area contributed by atoms with Gasteiger partial charge in [0.2, 0.25) is 5.01 Å². The van der Waals surface area contributed by atoms with E-state index in [1.54, 1.807) is 24.3 Å². The molecule has 23 heavy (non-hydrogen) atoms. The first-order valence-corrected chi connectivity index (χ1v) is 7.62. The molecule has 2 aromatic rings. The van der Waals surface area contributed by atoms with Crippen molar-refractivity contribution < 1.29 is 22.7 Å². The van der Waals surface area contributed by atoms with Gasteiger partial charge in [-0.2, -0.15) is 13.2 Å². The number of para-hydroxylation sites is 1. The highest BCUT2D eigenvalue weighted by Crippen LogP contribution is 2.33. The predicted molar refractivity (Wildman–Crippen MR) is 79.5 cm³/mol. The van der Waals surface area contributed by atoms with Gasteiger partial charge in [0.25, 0.3) is 11.1 Å². The molecule has 0 aliphatic rings. The van der Waals surface area contributed by atoms with Gasteiger partial charge in [0.15, 0.2) is 6.61 Å². The molecule has 0 aliphatic heterocycles. The molecule has 0 fully saturated rings. The molecule has 0 spiro atoms. The van der Waals surface area contributed by atoms with Crippen molar-refractivity contribution in [2.45, 2.75) is 19.5 Å². The number of alkyl halides is 3. The fourth-order valence-corrected chi connectivity index (χ4v) is 2.38. The van der Waals surface area contributed by atoms with Crippen LogP contribution in [0.3, 0.4) is 0 Å². The molecule has 0 saturated heterocycles. The molecule has 0 radical (unpaired) electrons. The number of halogens is 3. The number of hydrogen-bond acceptors (Lipinski definition) is 5. The Morgan fingerprint density at radius 2 is 1.96 bits per heavy atom. The topological polar surface area (TPSA) is 55.3 Å². The van der Waals surface area contributed by atoms with E-state index in [1.165, 1.54) is 4.90 Å². The third kappa shape index (κ3) is 4.65. The first-order chi connectivity index (χ1) is 10.9. The summed E-state index contributed by atoms with van der Waals surface area (Å²) in [5.41, 5.74) is 0.705. The lowest BCUT2D eigenvalue weighted by molar-refractivity contribution is -0.138. The lowest BCUT2D eigenvalue weighted by atomic mass is 10.2. The molecule has 0 saturated carbocycles. The summed E-state index contributed by atoms with van der Waals surface area (Å²) >= 11 is 0.263. The van der Waals surface area contributed by atoms with Gasteiger partial charge >= 0.3 is 6.18 Å². The number of hydrogen-bond donors (Lipinski definition) is 0. The van der Waals surface area contributed by atoms with E-state index < -0.39 is 17.8 Å². The van der Waals surface area contributed by atoms with Crippen LogP contribution in [0.25, 0.3) is 0 Å². The Hall–Kier alpha value is -2.16. The minimum atomic E-state index is -4.57. The molecular weight excluding hydrogens is 331 g/mol. The first kappa shape index (κ1) is 17.2. The van der Waals surface area contributed by atoms with Crippen molar-refractivity contribution >= 4 is 22.9 Å². The van der Waals surface area contributed by atoms with E-state index in [0.29, 0.717) is 12.2 Å². The van der Waals surface area contributed by atoms with Crippen LogP contribution in [-0.2, 0) is 11.0 Å². The number of aromatic nitrogens is 2. The molecule has 2 rings (SSSR count). The lowest BCUT2D eigenvalue weighted by Gasteiger charge is -2.21. The van der Waals surface area contributed by atoms with E-state index in [4.69, 9.17) is 4.74 Å². The van der Waals surface area contributed by atoms with E-state index in [2.05, 4.69) is 10.2 Å². The Kier molecular flexibility index (Phi) is 5.54. The summed E-state index contributed by atoms with van der Waals surface area (Å²) < 4.78 is 42.3. The number of rotatable bonds is 6. The highest BCUT2D eigenvalue weighted by atomic mass is 32.1. The third-order valence-electron chi connectivity index (χ3n) is 2.78. The number of nitrogens with zero attached hydrogens (tertiary/aromatic N) is 3. The molecule has 0 N–H and O–H groups in total. The fourth-order valence-electron chi connectivity index (χ4n) is 1.81. The second kappa shape index (κ2) is 7.40. The quantitative estimate of drug-likeness (QED) is 0.805. The van der Waals surface area contributed by atoms with E-state index in [0.717, 1.165) is 6.42 Å². The van der Waals surface area contributed by atoms with Crippen molar-refractivity contribution in [3.05, 3.63) is 35.3 Å². The molecule has 5 nitrogen and oxygen atoms in total. The normalized spacial score (nSPS) is 11.3. The second-order valence-corrected chi connectivity index (χ2v) is 5.48. The summed E-state index contributed by atoms with van der Waals surface area (Å²) in [6, 6.07) is 8.98. The highest BCUT2D eigenvalue weighted by Gasteiger charge is 2.36. The van der Waals surface area contributed by atoms with E-state index >= 15 is 0 Å². The van der Waals surface area contributed by atoms with Crippen LogP contribution in [0, 0.1) is 0 Å². The van der Waals surface area contributed by atoms with Crippen molar-refractivity contribution in [2.24, 2.45) is 0 Å². The van der Waals surface area contributed by atoms with Gasteiger partial charge in [-0.1, -0.05) is 41.6 Å². The van der Waals surface area contributed by atoms with Crippen molar-refractivity contribution in [2.75, 3.05) is 18.1 Å². The predicted octanol–water partition coefficient (Wildman–Crippen LogP) is 3.38. The van der Waals surface area contributed by atoms with Gasteiger partial charge in [0, 0.05) is 12.2 Å². The zero-order valence-electron chi connectivity index (χ0n) is 12.2. The number of carbonyl (C=O) groups is 1. The van der Waals surface area contributed by atoms with Crippen molar-refractivity contribution in [1.82, 2.24) is 10.2 Å².